The summed E-state index contributed by atoms with van der Waals surface area (Å²) in [4.78, 5) is 7.11. The Morgan fingerprint density at radius 2 is 2.05 bits per heavy atom. The molecular weight excluding hydrogens is 262 g/mol. The number of guanidine groups is 1. The van der Waals surface area contributed by atoms with Crippen LogP contribution in [0.2, 0.25) is 0 Å². The summed E-state index contributed by atoms with van der Waals surface area (Å²) in [5.74, 6) is 2.65. The summed E-state index contributed by atoms with van der Waals surface area (Å²) >= 11 is 0. The van der Waals surface area contributed by atoms with Gasteiger partial charge in [0.1, 0.15) is 0 Å². The lowest BCUT2D eigenvalue weighted by molar-refractivity contribution is -0.0237. The van der Waals surface area contributed by atoms with Gasteiger partial charge in [0.15, 0.2) is 5.96 Å². The third kappa shape index (κ3) is 4.12. The van der Waals surface area contributed by atoms with Crippen LogP contribution in [-0.4, -0.2) is 47.7 Å². The smallest absolute Gasteiger partial charge is 0.194 e. The first-order valence-corrected chi connectivity index (χ1v) is 8.87. The number of rotatable bonds is 6. The zero-order chi connectivity index (χ0) is 15.3. The highest BCUT2D eigenvalue weighted by Crippen LogP contribution is 2.32. The lowest BCUT2D eigenvalue weighted by atomic mass is 9.80. The van der Waals surface area contributed by atoms with Crippen molar-refractivity contribution >= 4 is 5.96 Å². The molecule has 2 fully saturated rings. The molecule has 4 nitrogen and oxygen atoms in total. The lowest BCUT2D eigenvalue weighted by Crippen LogP contribution is -2.44. The Hall–Kier alpha value is -0.770. The van der Waals surface area contributed by atoms with Crippen molar-refractivity contribution in [3.05, 3.63) is 0 Å². The molecule has 1 atom stereocenters. The maximum Gasteiger partial charge on any atom is 0.194 e. The molecule has 0 radical (unpaired) electrons. The van der Waals surface area contributed by atoms with Gasteiger partial charge >= 0.3 is 0 Å². The normalized spacial score (nSPS) is 25.3. The zero-order valence-corrected chi connectivity index (χ0v) is 14.1. The quantitative estimate of drug-likeness (QED) is 0.585. The Morgan fingerprint density at radius 3 is 2.57 bits per heavy atom. The van der Waals surface area contributed by atoms with E-state index in [4.69, 9.17) is 4.99 Å². The Balaban J connectivity index is 1.94. The predicted molar refractivity (Wildman–Crippen MR) is 88.5 cm³/mol. The minimum atomic E-state index is -0.519. The van der Waals surface area contributed by atoms with Gasteiger partial charge in [-0.3, -0.25) is 4.99 Å². The highest BCUT2D eigenvalue weighted by molar-refractivity contribution is 5.80. The monoisotopic (exact) mass is 295 g/mol. The molecule has 0 aromatic rings. The second kappa shape index (κ2) is 7.48. The van der Waals surface area contributed by atoms with E-state index in [-0.39, 0.29) is 0 Å². The molecule has 2 N–H and O–H groups in total. The Morgan fingerprint density at radius 1 is 1.33 bits per heavy atom. The van der Waals surface area contributed by atoms with Crippen molar-refractivity contribution in [3.8, 4) is 0 Å². The van der Waals surface area contributed by atoms with Gasteiger partial charge in [-0.25, -0.2) is 0 Å². The van der Waals surface area contributed by atoms with Crippen molar-refractivity contribution in [2.24, 2.45) is 16.8 Å². The summed E-state index contributed by atoms with van der Waals surface area (Å²) in [7, 11) is 0. The van der Waals surface area contributed by atoms with Crippen LogP contribution in [0.3, 0.4) is 0 Å². The third-order valence-electron chi connectivity index (χ3n) is 5.38. The predicted octanol–water partition coefficient (Wildman–Crippen LogP) is 2.63. The van der Waals surface area contributed by atoms with E-state index >= 15 is 0 Å². The average Bonchev–Trinajstić information content (AvgIpc) is 2.92. The Labute approximate surface area is 130 Å². The number of hydrogen-bond donors (Lipinski definition) is 2. The van der Waals surface area contributed by atoms with Crippen molar-refractivity contribution in [2.45, 2.75) is 64.9 Å². The lowest BCUT2D eigenvalue weighted by Gasteiger charge is -2.35. The van der Waals surface area contributed by atoms with Gasteiger partial charge in [-0.15, -0.1) is 0 Å². The minimum absolute atomic E-state index is 0.519. The van der Waals surface area contributed by atoms with E-state index in [1.54, 1.807) is 0 Å². The second-order valence-electron chi connectivity index (χ2n) is 6.82. The summed E-state index contributed by atoms with van der Waals surface area (Å²) in [6.07, 6.45) is 6.80. The fourth-order valence-corrected chi connectivity index (χ4v) is 3.71. The molecule has 0 amide bonds. The summed E-state index contributed by atoms with van der Waals surface area (Å²) in [6, 6.07) is 0. The fraction of sp³-hybridized carbons (Fsp3) is 0.941. The van der Waals surface area contributed by atoms with Gasteiger partial charge in [0, 0.05) is 19.6 Å². The molecule has 0 aromatic carbocycles. The van der Waals surface area contributed by atoms with E-state index in [0.29, 0.717) is 6.54 Å². The molecule has 4 heteroatoms. The molecule has 0 bridgehead atoms. The van der Waals surface area contributed by atoms with E-state index in [9.17, 15) is 5.11 Å². The number of likely N-dealkylation sites (tertiary alicyclic amines) is 1. The highest BCUT2D eigenvalue weighted by atomic mass is 16.3. The molecule has 1 aliphatic carbocycles. The largest absolute Gasteiger partial charge is 0.388 e. The molecule has 1 unspecified atom stereocenters. The summed E-state index contributed by atoms with van der Waals surface area (Å²) < 4.78 is 0. The minimum Gasteiger partial charge on any atom is -0.388 e. The Kier molecular flexibility index (Phi) is 5.91. The van der Waals surface area contributed by atoms with Crippen LogP contribution >= 0.6 is 0 Å². The average molecular weight is 295 g/mol. The van der Waals surface area contributed by atoms with Crippen LogP contribution in [0.5, 0.6) is 0 Å². The van der Waals surface area contributed by atoms with Gasteiger partial charge in [0.25, 0.3) is 0 Å². The van der Waals surface area contributed by atoms with E-state index in [1.165, 1.54) is 19.3 Å². The SMILES string of the molecule is CCNC(=NCC1(O)CCC1)N1CCC(C(CC)CC)C1. The van der Waals surface area contributed by atoms with Crippen molar-refractivity contribution in [1.82, 2.24) is 10.2 Å². The standard InChI is InChI=1S/C17H33N3O/c1-4-14(5-2)15-8-11-20(12-15)16(18-6-3)19-13-17(21)9-7-10-17/h14-15,21H,4-13H2,1-3H3,(H,18,19). The maximum atomic E-state index is 10.2. The van der Waals surface area contributed by atoms with Crippen molar-refractivity contribution in [1.29, 1.82) is 0 Å². The molecule has 1 aliphatic heterocycles. The van der Waals surface area contributed by atoms with Gasteiger partial charge in [-0.05, 0) is 44.4 Å². The molecule has 21 heavy (non-hydrogen) atoms. The van der Waals surface area contributed by atoms with Crippen molar-refractivity contribution < 1.29 is 5.11 Å². The molecule has 2 aliphatic rings. The van der Waals surface area contributed by atoms with Crippen LogP contribution in [0.1, 0.15) is 59.3 Å². The van der Waals surface area contributed by atoms with Gasteiger partial charge in [-0.2, -0.15) is 0 Å². The molecule has 2 rings (SSSR count). The topological polar surface area (TPSA) is 47.9 Å². The highest BCUT2D eigenvalue weighted by Gasteiger charge is 2.35. The first kappa shape index (κ1) is 16.6. The van der Waals surface area contributed by atoms with Crippen LogP contribution < -0.4 is 5.32 Å². The van der Waals surface area contributed by atoms with Gasteiger partial charge < -0.3 is 15.3 Å². The van der Waals surface area contributed by atoms with E-state index in [2.05, 4.69) is 31.0 Å². The van der Waals surface area contributed by atoms with Gasteiger partial charge in [-0.1, -0.05) is 26.7 Å². The van der Waals surface area contributed by atoms with E-state index < -0.39 is 5.60 Å². The maximum absolute atomic E-state index is 10.2. The molecule has 0 aromatic heterocycles. The number of aliphatic imine (C=N–C) groups is 1. The summed E-state index contributed by atoms with van der Waals surface area (Å²) in [6.45, 7) is 10.4. The molecule has 1 saturated heterocycles. The number of nitrogens with zero attached hydrogens (tertiary/aromatic N) is 2. The van der Waals surface area contributed by atoms with E-state index in [0.717, 1.165) is 56.7 Å². The molecule has 1 saturated carbocycles. The molecule has 0 spiro atoms. The zero-order valence-electron chi connectivity index (χ0n) is 14.1. The van der Waals surface area contributed by atoms with Crippen LogP contribution in [0, 0.1) is 11.8 Å². The third-order valence-corrected chi connectivity index (χ3v) is 5.38. The van der Waals surface area contributed by atoms with Crippen LogP contribution in [-0.2, 0) is 0 Å². The second-order valence-corrected chi connectivity index (χ2v) is 6.82. The molecule has 122 valence electrons. The van der Waals surface area contributed by atoms with Crippen molar-refractivity contribution in [2.75, 3.05) is 26.2 Å². The fourth-order valence-electron chi connectivity index (χ4n) is 3.71. The molecule has 1 heterocycles. The van der Waals surface area contributed by atoms with Crippen LogP contribution in [0.15, 0.2) is 4.99 Å². The van der Waals surface area contributed by atoms with Crippen LogP contribution in [0.4, 0.5) is 0 Å². The summed E-state index contributed by atoms with van der Waals surface area (Å²) in [5.41, 5.74) is -0.519. The number of nitrogens with one attached hydrogen (secondary N) is 1. The van der Waals surface area contributed by atoms with E-state index in [1.807, 2.05) is 0 Å². The first-order valence-electron chi connectivity index (χ1n) is 8.87. The summed E-state index contributed by atoms with van der Waals surface area (Å²) in [5, 5.41) is 13.6. The Bertz CT molecular complexity index is 348. The van der Waals surface area contributed by atoms with Crippen LogP contribution in [0.25, 0.3) is 0 Å². The van der Waals surface area contributed by atoms with Gasteiger partial charge in [0.2, 0.25) is 0 Å². The van der Waals surface area contributed by atoms with Gasteiger partial charge in [0.05, 0.1) is 12.1 Å². The van der Waals surface area contributed by atoms with Crippen molar-refractivity contribution in [3.63, 3.8) is 0 Å². The molecular formula is C17H33N3O. The first-order chi connectivity index (χ1) is 10.1. The number of hydrogen-bond acceptors (Lipinski definition) is 2. The number of aliphatic hydroxyl groups is 1.